The third kappa shape index (κ3) is 8.42. The Hall–Kier alpha value is -0.860. The van der Waals surface area contributed by atoms with Gasteiger partial charge in [0.1, 0.15) is 0 Å². The molecule has 0 saturated carbocycles. The molecular weight excluding hydrogens is 475 g/mol. The van der Waals surface area contributed by atoms with E-state index in [1.165, 1.54) is 57.3 Å². The summed E-state index contributed by atoms with van der Waals surface area (Å²) < 4.78 is 6.00. The summed E-state index contributed by atoms with van der Waals surface area (Å²) in [6.45, 7) is 9.37. The molecule has 0 radical (unpaired) electrons. The fraction of sp³-hybridized carbons (Fsp3) is 0.696. The lowest BCUT2D eigenvalue weighted by atomic mass is 9.95. The monoisotopic (exact) mass is 514 g/mol. The van der Waals surface area contributed by atoms with Crippen LogP contribution in [-0.2, 0) is 4.74 Å². The molecule has 1 aromatic rings. The van der Waals surface area contributed by atoms with Crippen molar-refractivity contribution in [2.24, 2.45) is 10.9 Å². The predicted molar refractivity (Wildman–Crippen MR) is 132 cm³/mol. The molecule has 0 bridgehead atoms. The number of hydrogen-bond acceptors (Lipinski definition) is 3. The van der Waals surface area contributed by atoms with Gasteiger partial charge in [-0.1, -0.05) is 43.2 Å². The summed E-state index contributed by atoms with van der Waals surface area (Å²) in [7, 11) is 0. The molecule has 0 aromatic heterocycles. The molecule has 164 valence electrons. The van der Waals surface area contributed by atoms with E-state index in [4.69, 9.17) is 9.73 Å². The van der Waals surface area contributed by atoms with Crippen LogP contribution in [0.15, 0.2) is 35.3 Å². The number of halogens is 1. The van der Waals surface area contributed by atoms with E-state index in [0.717, 1.165) is 38.6 Å². The molecule has 1 aromatic carbocycles. The van der Waals surface area contributed by atoms with E-state index in [1.807, 2.05) is 0 Å². The maximum absolute atomic E-state index is 6.00. The Balaban J connectivity index is 0.00000300. The quantitative estimate of drug-likeness (QED) is 0.236. The topological polar surface area (TPSA) is 48.9 Å². The third-order valence-electron chi connectivity index (χ3n) is 5.81. The fourth-order valence-electron chi connectivity index (χ4n) is 4.25. The summed E-state index contributed by atoms with van der Waals surface area (Å²) in [5.74, 6) is 1.40. The minimum absolute atomic E-state index is 0. The van der Waals surface area contributed by atoms with Crippen LogP contribution in [0, 0.1) is 5.92 Å². The van der Waals surface area contributed by atoms with Crippen LogP contribution in [0.25, 0.3) is 0 Å². The summed E-state index contributed by atoms with van der Waals surface area (Å²) >= 11 is 0. The average Bonchev–Trinajstić information content (AvgIpc) is 3.05. The van der Waals surface area contributed by atoms with E-state index in [9.17, 15) is 0 Å². The van der Waals surface area contributed by atoms with Crippen molar-refractivity contribution in [3.8, 4) is 0 Å². The molecule has 2 aliphatic rings. The zero-order valence-electron chi connectivity index (χ0n) is 17.9. The lowest BCUT2D eigenvalue weighted by Crippen LogP contribution is -2.39. The standard InChI is InChI=1S/C23H38N4O.HI/c1-2-24-23(25-14-10-17-27-15-8-3-4-9-16-27)26-19-21-13-18-28-22(21)20-11-6-5-7-12-20;/h5-7,11-12,21-22H,2-4,8-10,13-19H2,1H3,(H2,24,25,26);1H. The van der Waals surface area contributed by atoms with E-state index in [0.29, 0.717) is 5.92 Å². The van der Waals surface area contributed by atoms with Crippen LogP contribution < -0.4 is 10.6 Å². The number of rotatable bonds is 8. The molecule has 0 amide bonds. The van der Waals surface area contributed by atoms with Crippen LogP contribution in [-0.4, -0.2) is 56.7 Å². The summed E-state index contributed by atoms with van der Waals surface area (Å²) in [6.07, 6.45) is 7.96. The van der Waals surface area contributed by atoms with Crippen molar-refractivity contribution in [3.05, 3.63) is 35.9 Å². The number of guanidine groups is 1. The van der Waals surface area contributed by atoms with Gasteiger partial charge < -0.3 is 20.3 Å². The minimum Gasteiger partial charge on any atom is -0.373 e. The van der Waals surface area contributed by atoms with E-state index >= 15 is 0 Å². The van der Waals surface area contributed by atoms with E-state index in [1.54, 1.807) is 0 Å². The smallest absolute Gasteiger partial charge is 0.191 e. The minimum atomic E-state index is 0. The summed E-state index contributed by atoms with van der Waals surface area (Å²) in [5, 5.41) is 6.92. The Bertz CT molecular complexity index is 576. The highest BCUT2D eigenvalue weighted by atomic mass is 127. The van der Waals surface area contributed by atoms with E-state index < -0.39 is 0 Å². The van der Waals surface area contributed by atoms with Gasteiger partial charge in [-0.15, -0.1) is 24.0 Å². The van der Waals surface area contributed by atoms with Gasteiger partial charge in [0.2, 0.25) is 0 Å². The molecule has 2 unspecified atom stereocenters. The lowest BCUT2D eigenvalue weighted by molar-refractivity contribution is 0.0925. The number of nitrogens with zero attached hydrogens (tertiary/aromatic N) is 2. The Morgan fingerprint density at radius 1 is 1.10 bits per heavy atom. The first-order valence-corrected chi connectivity index (χ1v) is 11.3. The van der Waals surface area contributed by atoms with Crippen LogP contribution in [0.2, 0.25) is 0 Å². The molecular formula is C23H39IN4O. The molecule has 2 saturated heterocycles. The van der Waals surface area contributed by atoms with Gasteiger partial charge in [0.25, 0.3) is 0 Å². The van der Waals surface area contributed by atoms with Crippen molar-refractivity contribution in [1.82, 2.24) is 15.5 Å². The Labute approximate surface area is 194 Å². The second-order valence-corrected chi connectivity index (χ2v) is 8.01. The van der Waals surface area contributed by atoms with Crippen LogP contribution in [0.5, 0.6) is 0 Å². The number of likely N-dealkylation sites (tertiary alicyclic amines) is 1. The van der Waals surface area contributed by atoms with Gasteiger partial charge >= 0.3 is 0 Å². The van der Waals surface area contributed by atoms with Crippen molar-refractivity contribution in [1.29, 1.82) is 0 Å². The molecule has 6 heteroatoms. The SMILES string of the molecule is CCNC(=NCC1CCOC1c1ccccc1)NCCCN1CCCCCC1.I. The van der Waals surface area contributed by atoms with Crippen molar-refractivity contribution in [2.75, 3.05) is 45.9 Å². The van der Waals surface area contributed by atoms with Gasteiger partial charge in [-0.05, 0) is 57.8 Å². The molecule has 2 fully saturated rings. The molecule has 5 nitrogen and oxygen atoms in total. The van der Waals surface area contributed by atoms with Crippen LogP contribution in [0.1, 0.15) is 57.1 Å². The maximum Gasteiger partial charge on any atom is 0.191 e. The molecule has 2 heterocycles. The largest absolute Gasteiger partial charge is 0.373 e. The first kappa shape index (κ1) is 24.4. The molecule has 2 aliphatic heterocycles. The van der Waals surface area contributed by atoms with Gasteiger partial charge in [-0.2, -0.15) is 0 Å². The second-order valence-electron chi connectivity index (χ2n) is 8.01. The van der Waals surface area contributed by atoms with Gasteiger partial charge in [0.15, 0.2) is 5.96 Å². The van der Waals surface area contributed by atoms with Crippen molar-refractivity contribution in [2.45, 2.75) is 51.6 Å². The number of nitrogens with one attached hydrogen (secondary N) is 2. The lowest BCUT2D eigenvalue weighted by Gasteiger charge is -2.20. The number of benzene rings is 1. The highest BCUT2D eigenvalue weighted by Crippen LogP contribution is 2.34. The average molecular weight is 514 g/mol. The van der Waals surface area contributed by atoms with Crippen LogP contribution in [0.3, 0.4) is 0 Å². The van der Waals surface area contributed by atoms with Crippen molar-refractivity contribution < 1.29 is 4.74 Å². The first-order valence-electron chi connectivity index (χ1n) is 11.3. The van der Waals surface area contributed by atoms with E-state index in [-0.39, 0.29) is 30.1 Å². The van der Waals surface area contributed by atoms with Crippen LogP contribution in [0.4, 0.5) is 0 Å². The highest BCUT2D eigenvalue weighted by molar-refractivity contribution is 14.0. The van der Waals surface area contributed by atoms with Crippen molar-refractivity contribution in [3.63, 3.8) is 0 Å². The van der Waals surface area contributed by atoms with Gasteiger partial charge in [0.05, 0.1) is 6.10 Å². The summed E-state index contributed by atoms with van der Waals surface area (Å²) in [4.78, 5) is 7.50. The Morgan fingerprint density at radius 3 is 2.59 bits per heavy atom. The van der Waals surface area contributed by atoms with Crippen molar-refractivity contribution >= 4 is 29.9 Å². The summed E-state index contributed by atoms with van der Waals surface area (Å²) in [6, 6.07) is 10.6. The normalized spacial score (nSPS) is 23.3. The molecule has 2 atom stereocenters. The third-order valence-corrected chi connectivity index (χ3v) is 5.81. The first-order chi connectivity index (χ1) is 13.9. The second kappa shape index (κ2) is 14.2. The zero-order valence-corrected chi connectivity index (χ0v) is 20.3. The highest BCUT2D eigenvalue weighted by Gasteiger charge is 2.29. The van der Waals surface area contributed by atoms with Gasteiger partial charge in [0, 0.05) is 32.2 Å². The maximum atomic E-state index is 6.00. The van der Waals surface area contributed by atoms with Gasteiger partial charge in [-0.3, -0.25) is 4.99 Å². The molecule has 0 spiro atoms. The summed E-state index contributed by atoms with van der Waals surface area (Å²) in [5.41, 5.74) is 1.27. The van der Waals surface area contributed by atoms with Crippen LogP contribution >= 0.6 is 24.0 Å². The Morgan fingerprint density at radius 2 is 1.86 bits per heavy atom. The molecule has 2 N–H and O–H groups in total. The van der Waals surface area contributed by atoms with Gasteiger partial charge in [-0.25, -0.2) is 0 Å². The Kier molecular flexibility index (Phi) is 12.0. The predicted octanol–water partition coefficient (Wildman–Crippen LogP) is 4.20. The molecule has 0 aliphatic carbocycles. The number of hydrogen-bond donors (Lipinski definition) is 2. The number of aliphatic imine (C=N–C) groups is 1. The van der Waals surface area contributed by atoms with E-state index in [2.05, 4.69) is 52.8 Å². The molecule has 3 rings (SSSR count). The zero-order chi connectivity index (χ0) is 19.4. The number of ether oxygens (including phenoxy) is 1. The fourth-order valence-corrected chi connectivity index (χ4v) is 4.25. The molecule has 29 heavy (non-hydrogen) atoms.